The second-order valence-electron chi connectivity index (χ2n) is 8.61. The summed E-state index contributed by atoms with van der Waals surface area (Å²) in [6.45, 7) is 1.82. The zero-order valence-corrected chi connectivity index (χ0v) is 23.1. The maximum absolute atomic E-state index is 12.2. The van der Waals surface area contributed by atoms with Crippen LogP contribution in [-0.2, 0) is 49.0 Å². The molecule has 1 atom stereocenters. The van der Waals surface area contributed by atoms with E-state index >= 15 is 0 Å². The van der Waals surface area contributed by atoms with Crippen LogP contribution in [0.15, 0.2) is 23.3 Å². The summed E-state index contributed by atoms with van der Waals surface area (Å²) in [5, 5.41) is 17.5. The van der Waals surface area contributed by atoms with Crippen molar-refractivity contribution >= 4 is 23.4 Å². The van der Waals surface area contributed by atoms with Crippen LogP contribution in [0.3, 0.4) is 0 Å². The number of ether oxygens (including phenoxy) is 1. The monoisotopic (exact) mass is 676 g/mol. The third kappa shape index (κ3) is 7.57. The molecule has 35 heavy (non-hydrogen) atoms. The van der Waals surface area contributed by atoms with E-state index in [2.05, 4.69) is 32.7 Å². The minimum atomic E-state index is -1.03. The van der Waals surface area contributed by atoms with Gasteiger partial charge in [-0.25, -0.2) is 9.97 Å². The van der Waals surface area contributed by atoms with E-state index in [4.69, 9.17) is 21.3 Å². The van der Waals surface area contributed by atoms with Crippen LogP contribution in [0, 0.1) is 0 Å². The number of carboxylic acids is 1. The van der Waals surface area contributed by atoms with Crippen molar-refractivity contribution in [2.24, 2.45) is 0 Å². The molecule has 1 unspecified atom stereocenters. The van der Waals surface area contributed by atoms with Crippen LogP contribution in [0.2, 0.25) is 5.15 Å². The summed E-state index contributed by atoms with van der Waals surface area (Å²) in [6.07, 6.45) is 7.56. The van der Waals surface area contributed by atoms with Crippen LogP contribution >= 0.6 is 11.6 Å². The molecule has 0 saturated heterocycles. The summed E-state index contributed by atoms with van der Waals surface area (Å²) in [7, 11) is 0. The van der Waals surface area contributed by atoms with Crippen LogP contribution in [0.5, 0.6) is 0 Å². The first-order valence-electron chi connectivity index (χ1n) is 11.5. The Kier molecular flexibility index (Phi) is 11.3. The van der Waals surface area contributed by atoms with Gasteiger partial charge < -0.3 is 30.9 Å². The minimum absolute atomic E-state index is 0. The number of aromatic amines is 1. The van der Waals surface area contributed by atoms with E-state index in [0.717, 1.165) is 50.2 Å². The third-order valence-electron chi connectivity index (χ3n) is 6.14. The van der Waals surface area contributed by atoms with E-state index < -0.39 is 17.6 Å². The summed E-state index contributed by atoms with van der Waals surface area (Å²) in [6, 6.07) is 3.30. The molecule has 1 aliphatic heterocycles. The van der Waals surface area contributed by atoms with Crippen LogP contribution < -0.4 is 10.9 Å². The molecule has 1 saturated carbocycles. The Hall–Kier alpha value is -1.84. The second-order valence-corrected chi connectivity index (χ2v) is 8.97. The molecule has 1 fully saturated rings. The molecule has 0 aromatic carbocycles. The number of halogens is 1. The summed E-state index contributed by atoms with van der Waals surface area (Å²) in [5.41, 5.74) is 1.38. The zero-order chi connectivity index (χ0) is 23.3. The number of nitrogens with one attached hydrogen (secondary N) is 2. The van der Waals surface area contributed by atoms with E-state index in [1.54, 1.807) is 0 Å². The summed E-state index contributed by atoms with van der Waals surface area (Å²) in [5.74, 6) is -0.0186. The Balaban J connectivity index is 0.00000216. The van der Waals surface area contributed by atoms with Gasteiger partial charge in [-0.15, -0.1) is 0 Å². The molecule has 2 aromatic rings. The van der Waals surface area contributed by atoms with Gasteiger partial charge in [0.15, 0.2) is 0 Å². The second kappa shape index (κ2) is 13.5. The zero-order valence-electron chi connectivity index (χ0n) is 19.4. The van der Waals surface area contributed by atoms with Crippen molar-refractivity contribution in [2.75, 3.05) is 25.1 Å². The van der Waals surface area contributed by atoms with Gasteiger partial charge in [-0.1, -0.05) is 36.0 Å². The number of hydrogen-bond donors (Lipinski definition) is 3. The Labute approximate surface area is 223 Å². The van der Waals surface area contributed by atoms with Crippen LogP contribution in [0.25, 0.3) is 5.32 Å². The van der Waals surface area contributed by atoms with Gasteiger partial charge in [0.2, 0.25) is 0 Å². The molecule has 2 aliphatic rings. The molecule has 192 valence electrons. The average Bonchev–Trinajstić information content (AvgIpc) is 3.57. The fourth-order valence-electron chi connectivity index (χ4n) is 4.20. The molecule has 0 radical (unpaired) electrons. The molecule has 4 rings (SSSR count). The van der Waals surface area contributed by atoms with Gasteiger partial charge >= 0.3 is 0 Å². The molecule has 1 aliphatic carbocycles. The van der Waals surface area contributed by atoms with E-state index in [-0.39, 0.29) is 55.8 Å². The van der Waals surface area contributed by atoms with E-state index in [0.29, 0.717) is 19.4 Å². The van der Waals surface area contributed by atoms with Crippen molar-refractivity contribution in [3.05, 3.63) is 56.1 Å². The number of fused-ring (bicyclic) bond motifs is 1. The number of pyridine rings is 1. The average molecular weight is 677 g/mol. The molecular weight excluding hydrogens is 646 g/mol. The first-order chi connectivity index (χ1) is 16.0. The molecule has 5 N–H and O–H groups in total. The molecule has 3 heterocycles. The van der Waals surface area contributed by atoms with E-state index in [1.807, 2.05) is 0 Å². The fourth-order valence-corrected chi connectivity index (χ4v) is 4.51. The maximum atomic E-state index is 12.2. The number of hydrogen-bond acceptors (Lipinski definition) is 6. The number of H-pyrrole nitrogens is 1. The standard InChI is InChI=1S/C23H29ClN5O4.H2O.W/c24-19-18(21(30)27-14-26-19)23(9-10-23)29-17(22(31)32)8-13-33-12-2-1-5-16-7-6-15-4-3-11-25-20(15)28-16;;/h6-7,14,17H,1-5,8-13H2,(H,25,28)(H,31,32)(H,26,27,30);1H2;/q-1;;. The predicted octanol–water partition coefficient (Wildman–Crippen LogP) is 2.59. The van der Waals surface area contributed by atoms with Gasteiger partial charge in [0.05, 0.1) is 6.33 Å². The Bertz CT molecular complexity index is 1050. The number of aryl methyl sites for hydroxylation is 2. The van der Waals surface area contributed by atoms with Crippen molar-refractivity contribution in [3.63, 3.8) is 0 Å². The number of anilines is 1. The summed E-state index contributed by atoms with van der Waals surface area (Å²) < 4.78 is 5.67. The number of carbonyl (C=O) groups is 1. The van der Waals surface area contributed by atoms with Gasteiger partial charge in [0.1, 0.15) is 11.0 Å². The molecule has 0 bridgehead atoms. The topological polar surface area (TPSA) is 163 Å². The van der Waals surface area contributed by atoms with E-state index in [1.165, 1.54) is 11.9 Å². The SMILES string of the molecule is O.O=C(O)C(CCOCCCCc1ccc2c(n1)NCCC2)[N-]C1(c2c(Cl)nc[nH]c2=O)CC1.[W]. The van der Waals surface area contributed by atoms with Crippen LogP contribution in [0.4, 0.5) is 5.82 Å². The number of carboxylic acid groups (broad SMARTS) is 1. The molecule has 0 spiro atoms. The summed E-state index contributed by atoms with van der Waals surface area (Å²) in [4.78, 5) is 35.0. The predicted molar refractivity (Wildman–Crippen MR) is 129 cm³/mol. The third-order valence-corrected chi connectivity index (χ3v) is 6.43. The van der Waals surface area contributed by atoms with Crippen molar-refractivity contribution in [3.8, 4) is 0 Å². The Morgan fingerprint density at radius 1 is 1.29 bits per heavy atom. The quantitative estimate of drug-likeness (QED) is 0.230. The van der Waals surface area contributed by atoms with Crippen LogP contribution in [-0.4, -0.2) is 57.3 Å². The smallest absolute Gasteiger partial charge is 0.285 e. The largest absolute Gasteiger partial charge is 0.641 e. The number of nitrogens with zero attached hydrogens (tertiary/aromatic N) is 3. The molecular formula is C23H31ClN5O5W-. The fraction of sp³-hybridized carbons (Fsp3) is 0.565. The van der Waals surface area contributed by atoms with Gasteiger partial charge in [-0.05, 0) is 56.2 Å². The maximum Gasteiger partial charge on any atom is 0.285 e. The van der Waals surface area contributed by atoms with Crippen molar-refractivity contribution in [1.82, 2.24) is 15.0 Å². The van der Waals surface area contributed by atoms with Crippen molar-refractivity contribution in [2.45, 2.75) is 62.9 Å². The molecule has 0 amide bonds. The Morgan fingerprint density at radius 2 is 2.09 bits per heavy atom. The molecule has 10 nitrogen and oxygen atoms in total. The summed E-state index contributed by atoms with van der Waals surface area (Å²) >= 11 is 6.10. The van der Waals surface area contributed by atoms with Gasteiger partial charge in [-0.3, -0.25) is 9.59 Å². The first kappa shape index (κ1) is 29.4. The number of rotatable bonds is 12. The Morgan fingerprint density at radius 3 is 2.80 bits per heavy atom. The first-order valence-corrected chi connectivity index (χ1v) is 11.9. The number of unbranched alkanes of at least 4 members (excludes halogenated alkanes) is 1. The minimum Gasteiger partial charge on any atom is -0.641 e. The van der Waals surface area contributed by atoms with Gasteiger partial charge in [0.25, 0.3) is 11.5 Å². The molecule has 2 aromatic heterocycles. The normalized spacial score (nSPS) is 16.1. The van der Waals surface area contributed by atoms with Crippen LogP contribution in [0.1, 0.15) is 55.3 Å². The molecule has 12 heteroatoms. The van der Waals surface area contributed by atoms with Gasteiger partial charge in [-0.2, -0.15) is 0 Å². The van der Waals surface area contributed by atoms with Gasteiger partial charge in [0, 0.05) is 52.1 Å². The number of aromatic nitrogens is 3. The van der Waals surface area contributed by atoms with E-state index in [9.17, 15) is 14.7 Å². The van der Waals surface area contributed by atoms with Crippen molar-refractivity contribution < 1.29 is 41.2 Å². The number of aliphatic carboxylic acids is 1. The van der Waals surface area contributed by atoms with Crippen molar-refractivity contribution in [1.29, 1.82) is 0 Å².